The highest BCUT2D eigenvalue weighted by molar-refractivity contribution is 5.76. The van der Waals surface area contributed by atoms with Crippen molar-refractivity contribution in [2.75, 3.05) is 26.2 Å². The van der Waals surface area contributed by atoms with Gasteiger partial charge in [0.05, 0.1) is 11.0 Å². The van der Waals surface area contributed by atoms with Crippen LogP contribution in [0.3, 0.4) is 0 Å². The van der Waals surface area contributed by atoms with Crippen molar-refractivity contribution >= 4 is 16.9 Å². The minimum Gasteiger partial charge on any atom is -0.342 e. The number of fused-ring (bicyclic) bond motifs is 1. The van der Waals surface area contributed by atoms with Gasteiger partial charge in [0.1, 0.15) is 5.82 Å². The van der Waals surface area contributed by atoms with Crippen LogP contribution in [0.5, 0.6) is 0 Å². The van der Waals surface area contributed by atoms with E-state index in [2.05, 4.69) is 19.8 Å². The number of aromatic nitrogens is 2. The zero-order chi connectivity index (χ0) is 17.1. The summed E-state index contributed by atoms with van der Waals surface area (Å²) in [6.07, 6.45) is 7.79. The summed E-state index contributed by atoms with van der Waals surface area (Å²) in [5.74, 6) is 1.29. The molecule has 1 aromatic carbocycles. The third kappa shape index (κ3) is 3.87. The van der Waals surface area contributed by atoms with E-state index in [0.717, 1.165) is 61.9 Å². The van der Waals surface area contributed by atoms with Crippen molar-refractivity contribution in [3.8, 4) is 0 Å². The average molecular weight is 340 g/mol. The summed E-state index contributed by atoms with van der Waals surface area (Å²) in [5.41, 5.74) is 2.08. The monoisotopic (exact) mass is 340 g/mol. The normalized spacial score (nSPS) is 19.8. The van der Waals surface area contributed by atoms with E-state index in [1.165, 1.54) is 25.7 Å². The molecule has 0 radical (unpaired) electrons. The van der Waals surface area contributed by atoms with E-state index >= 15 is 0 Å². The lowest BCUT2D eigenvalue weighted by Crippen LogP contribution is -2.51. The van der Waals surface area contributed by atoms with Gasteiger partial charge in [-0.3, -0.25) is 9.69 Å². The number of H-pyrrole nitrogens is 1. The van der Waals surface area contributed by atoms with Crippen molar-refractivity contribution in [1.82, 2.24) is 19.8 Å². The number of carbonyl (C=O) groups excluding carboxylic acids is 1. The minimum atomic E-state index is 0.308. The summed E-state index contributed by atoms with van der Waals surface area (Å²) >= 11 is 0. The van der Waals surface area contributed by atoms with Crippen LogP contribution in [-0.4, -0.2) is 57.9 Å². The van der Waals surface area contributed by atoms with Crippen molar-refractivity contribution in [1.29, 1.82) is 0 Å². The number of hydrogen-bond donors (Lipinski definition) is 1. The molecular weight excluding hydrogens is 312 g/mol. The minimum absolute atomic E-state index is 0.308. The molecule has 0 bridgehead atoms. The SMILES string of the molecule is O=C(CCCc1nc2ccccc2[nH]1)N1CCN(C2CCCC2)CC1. The maximum atomic E-state index is 12.5. The topological polar surface area (TPSA) is 52.2 Å². The van der Waals surface area contributed by atoms with Crippen molar-refractivity contribution in [2.45, 2.75) is 51.0 Å². The van der Waals surface area contributed by atoms with Crippen LogP contribution in [0.25, 0.3) is 11.0 Å². The molecule has 5 nitrogen and oxygen atoms in total. The number of nitrogens with zero attached hydrogens (tertiary/aromatic N) is 3. The molecule has 1 amide bonds. The molecule has 4 rings (SSSR count). The van der Waals surface area contributed by atoms with Crippen molar-refractivity contribution in [3.05, 3.63) is 30.1 Å². The fourth-order valence-electron chi connectivity index (χ4n) is 4.30. The molecule has 1 aliphatic carbocycles. The lowest BCUT2D eigenvalue weighted by molar-refractivity contribution is -0.133. The maximum absolute atomic E-state index is 12.5. The number of nitrogens with one attached hydrogen (secondary N) is 1. The number of imidazole rings is 1. The van der Waals surface area contributed by atoms with E-state index in [1.54, 1.807) is 0 Å². The van der Waals surface area contributed by atoms with Crippen LogP contribution in [0.15, 0.2) is 24.3 Å². The number of aromatic amines is 1. The van der Waals surface area contributed by atoms with Gasteiger partial charge < -0.3 is 9.88 Å². The fourth-order valence-corrected chi connectivity index (χ4v) is 4.30. The molecular formula is C20H28N4O. The first-order valence-electron chi connectivity index (χ1n) is 9.75. The van der Waals surface area contributed by atoms with E-state index in [0.29, 0.717) is 12.3 Å². The third-order valence-corrected chi connectivity index (χ3v) is 5.75. The molecule has 25 heavy (non-hydrogen) atoms. The van der Waals surface area contributed by atoms with Gasteiger partial charge in [-0.1, -0.05) is 25.0 Å². The summed E-state index contributed by atoms with van der Waals surface area (Å²) in [6.45, 7) is 3.92. The van der Waals surface area contributed by atoms with Gasteiger partial charge in [0.2, 0.25) is 5.91 Å². The Labute approximate surface area is 149 Å². The lowest BCUT2D eigenvalue weighted by Gasteiger charge is -2.38. The number of aryl methyl sites for hydroxylation is 1. The highest BCUT2D eigenvalue weighted by Crippen LogP contribution is 2.24. The number of piperazine rings is 1. The van der Waals surface area contributed by atoms with Crippen molar-refractivity contribution in [2.24, 2.45) is 0 Å². The second kappa shape index (κ2) is 7.56. The fraction of sp³-hybridized carbons (Fsp3) is 0.600. The predicted octanol–water partition coefficient (Wildman–Crippen LogP) is 2.97. The zero-order valence-electron chi connectivity index (χ0n) is 14.9. The molecule has 2 aromatic rings. The first-order chi connectivity index (χ1) is 12.3. The second-order valence-electron chi connectivity index (χ2n) is 7.41. The Morgan fingerprint density at radius 3 is 2.64 bits per heavy atom. The molecule has 2 aliphatic rings. The average Bonchev–Trinajstić information content (AvgIpc) is 3.31. The largest absolute Gasteiger partial charge is 0.342 e. The Morgan fingerprint density at radius 1 is 1.12 bits per heavy atom. The molecule has 2 fully saturated rings. The predicted molar refractivity (Wildman–Crippen MR) is 99.4 cm³/mol. The van der Waals surface area contributed by atoms with Gasteiger partial charge in [-0.15, -0.1) is 0 Å². The molecule has 1 saturated heterocycles. The summed E-state index contributed by atoms with van der Waals surface area (Å²) in [6, 6.07) is 8.86. The van der Waals surface area contributed by atoms with Gasteiger partial charge in [0, 0.05) is 45.1 Å². The number of hydrogen-bond acceptors (Lipinski definition) is 3. The van der Waals surface area contributed by atoms with Gasteiger partial charge in [-0.2, -0.15) is 0 Å². The number of para-hydroxylation sites is 2. The van der Waals surface area contributed by atoms with Crippen LogP contribution in [0.4, 0.5) is 0 Å². The molecule has 1 aromatic heterocycles. The molecule has 0 spiro atoms. The second-order valence-corrected chi connectivity index (χ2v) is 7.41. The lowest BCUT2D eigenvalue weighted by atomic mass is 10.1. The van der Waals surface area contributed by atoms with E-state index < -0.39 is 0 Å². The first kappa shape index (κ1) is 16.6. The molecule has 0 atom stereocenters. The molecule has 1 saturated carbocycles. The Bertz CT molecular complexity index is 678. The van der Waals surface area contributed by atoms with Crippen LogP contribution in [0.1, 0.15) is 44.3 Å². The van der Waals surface area contributed by atoms with E-state index in [9.17, 15) is 4.79 Å². The number of amides is 1. The Kier molecular flexibility index (Phi) is 5.02. The molecule has 1 N–H and O–H groups in total. The number of rotatable bonds is 5. The molecule has 5 heteroatoms. The van der Waals surface area contributed by atoms with Crippen LogP contribution in [0, 0.1) is 0 Å². The smallest absolute Gasteiger partial charge is 0.222 e. The van der Waals surface area contributed by atoms with Gasteiger partial charge in [-0.05, 0) is 31.4 Å². The number of benzene rings is 1. The third-order valence-electron chi connectivity index (χ3n) is 5.75. The van der Waals surface area contributed by atoms with Gasteiger partial charge >= 0.3 is 0 Å². The van der Waals surface area contributed by atoms with Crippen LogP contribution in [-0.2, 0) is 11.2 Å². The van der Waals surface area contributed by atoms with E-state index in [4.69, 9.17) is 0 Å². The highest BCUT2D eigenvalue weighted by atomic mass is 16.2. The quantitative estimate of drug-likeness (QED) is 0.910. The molecule has 0 unspecified atom stereocenters. The summed E-state index contributed by atoms with van der Waals surface area (Å²) in [5, 5.41) is 0. The van der Waals surface area contributed by atoms with E-state index in [1.807, 2.05) is 24.3 Å². The molecule has 2 heterocycles. The van der Waals surface area contributed by atoms with Gasteiger partial charge in [0.25, 0.3) is 0 Å². The molecule has 134 valence electrons. The van der Waals surface area contributed by atoms with Crippen molar-refractivity contribution < 1.29 is 4.79 Å². The Hall–Kier alpha value is -1.88. The highest BCUT2D eigenvalue weighted by Gasteiger charge is 2.27. The first-order valence-corrected chi connectivity index (χ1v) is 9.75. The summed E-state index contributed by atoms with van der Waals surface area (Å²) < 4.78 is 0. The molecule has 1 aliphatic heterocycles. The van der Waals surface area contributed by atoms with Crippen LogP contribution < -0.4 is 0 Å². The van der Waals surface area contributed by atoms with E-state index in [-0.39, 0.29) is 0 Å². The van der Waals surface area contributed by atoms with Crippen LogP contribution in [0.2, 0.25) is 0 Å². The number of carbonyl (C=O) groups is 1. The Balaban J connectivity index is 1.21. The Morgan fingerprint density at radius 2 is 1.88 bits per heavy atom. The van der Waals surface area contributed by atoms with Gasteiger partial charge in [-0.25, -0.2) is 4.98 Å². The van der Waals surface area contributed by atoms with Crippen molar-refractivity contribution in [3.63, 3.8) is 0 Å². The van der Waals surface area contributed by atoms with Crippen LogP contribution >= 0.6 is 0 Å². The maximum Gasteiger partial charge on any atom is 0.222 e. The standard InChI is InChI=1S/C20H28N4O/c25-20(24-14-12-23(13-15-24)16-6-1-2-7-16)11-5-10-19-21-17-8-3-4-9-18(17)22-19/h3-4,8-9,16H,1-2,5-7,10-15H2,(H,21,22). The summed E-state index contributed by atoms with van der Waals surface area (Å²) in [7, 11) is 0. The zero-order valence-corrected chi connectivity index (χ0v) is 14.9. The summed E-state index contributed by atoms with van der Waals surface area (Å²) in [4.78, 5) is 25.1. The van der Waals surface area contributed by atoms with Gasteiger partial charge in [0.15, 0.2) is 0 Å².